The zero-order valence-electron chi connectivity index (χ0n) is 18.9. The number of fused-ring (bicyclic) bond motifs is 4. The van der Waals surface area contributed by atoms with Crippen molar-refractivity contribution in [3.8, 4) is 5.75 Å². The van der Waals surface area contributed by atoms with Crippen LogP contribution in [0.1, 0.15) is 25.8 Å². The summed E-state index contributed by atoms with van der Waals surface area (Å²) in [6.07, 6.45) is 2.95. The van der Waals surface area contributed by atoms with Gasteiger partial charge in [-0.2, -0.15) is 0 Å². The molecule has 164 valence electrons. The summed E-state index contributed by atoms with van der Waals surface area (Å²) in [6.45, 7) is 11.1. The Kier molecular flexibility index (Phi) is 6.30. The molecular weight excluding hydrogens is 388 g/mol. The Hall–Kier alpha value is -2.83. The second-order valence-electron chi connectivity index (χ2n) is 8.01. The highest BCUT2D eigenvalue weighted by molar-refractivity contribution is 6.16. The maximum atomic E-state index is 10.1. The number of ether oxygens (including phenoxy) is 1. The third-order valence-corrected chi connectivity index (χ3v) is 6.22. The molecule has 0 aliphatic carbocycles. The van der Waals surface area contributed by atoms with Gasteiger partial charge < -0.3 is 24.6 Å². The lowest BCUT2D eigenvalue weighted by Crippen LogP contribution is -2.25. The third kappa shape index (κ3) is 3.93. The molecule has 0 bridgehead atoms. The lowest BCUT2D eigenvalue weighted by molar-refractivity contribution is 0.138. The highest BCUT2D eigenvalue weighted by Crippen LogP contribution is 2.38. The first-order valence-electron chi connectivity index (χ1n) is 11.1. The largest absolute Gasteiger partial charge is 0.508 e. The number of hydrogen-bond acceptors (Lipinski definition) is 5. The first-order valence-corrected chi connectivity index (χ1v) is 11.1. The van der Waals surface area contributed by atoms with Crippen molar-refractivity contribution >= 4 is 38.4 Å². The normalized spacial score (nSPS) is 11.9. The van der Waals surface area contributed by atoms with E-state index in [0.717, 1.165) is 65.6 Å². The molecule has 0 saturated carbocycles. The van der Waals surface area contributed by atoms with Crippen LogP contribution in [0.15, 0.2) is 36.5 Å². The smallest absolute Gasteiger partial charge is 0.133 e. The van der Waals surface area contributed by atoms with Crippen LogP contribution in [0.2, 0.25) is 0 Å². The molecule has 0 radical (unpaired) electrons. The van der Waals surface area contributed by atoms with Crippen LogP contribution in [0, 0.1) is 6.92 Å². The molecule has 2 aromatic carbocycles. The summed E-state index contributed by atoms with van der Waals surface area (Å²) < 4.78 is 7.68. The fraction of sp³-hybridized carbons (Fsp3) is 0.400. The maximum absolute atomic E-state index is 10.1. The number of benzene rings is 2. The number of hydrogen-bond donors (Lipinski definition) is 2. The van der Waals surface area contributed by atoms with Crippen molar-refractivity contribution in [1.82, 2.24) is 14.5 Å². The van der Waals surface area contributed by atoms with E-state index in [1.54, 1.807) is 13.2 Å². The summed E-state index contributed by atoms with van der Waals surface area (Å²) in [4.78, 5) is 7.08. The number of phenolic OH excluding ortho intramolecular Hbond substituents is 1. The SMILES string of the molecule is CCN(CC)CCCNc1nccc2c(C)c3c(cc12)c1cc(O)ccc1n3COC. The molecule has 2 aromatic heterocycles. The van der Waals surface area contributed by atoms with Gasteiger partial charge in [-0.15, -0.1) is 0 Å². The van der Waals surface area contributed by atoms with E-state index in [4.69, 9.17) is 4.74 Å². The molecule has 2 N–H and O–H groups in total. The molecule has 0 amide bonds. The number of anilines is 1. The van der Waals surface area contributed by atoms with Gasteiger partial charge in [0.2, 0.25) is 0 Å². The number of nitrogens with one attached hydrogen (secondary N) is 1. The number of aryl methyl sites for hydroxylation is 1. The zero-order chi connectivity index (χ0) is 22.0. The molecule has 0 aliphatic heterocycles. The van der Waals surface area contributed by atoms with Crippen molar-refractivity contribution in [3.05, 3.63) is 42.1 Å². The van der Waals surface area contributed by atoms with Crippen molar-refractivity contribution in [3.63, 3.8) is 0 Å². The number of aromatic hydroxyl groups is 1. The standard InChI is InChI=1S/C25H32N4O2/c1-5-28(6-2)13-7-11-26-25-22-15-21-20-14-18(30)8-9-23(20)29(16-31-4)24(21)17(3)19(22)10-12-27-25/h8-10,12,14-15,30H,5-7,11,13,16H2,1-4H3,(H,26,27). The summed E-state index contributed by atoms with van der Waals surface area (Å²) in [7, 11) is 1.71. The third-order valence-electron chi connectivity index (χ3n) is 6.22. The van der Waals surface area contributed by atoms with Crippen LogP contribution < -0.4 is 5.32 Å². The number of nitrogens with zero attached hydrogens (tertiary/aromatic N) is 3. The topological polar surface area (TPSA) is 62.5 Å². The Balaban J connectivity index is 1.80. The highest BCUT2D eigenvalue weighted by atomic mass is 16.5. The number of phenols is 1. The van der Waals surface area contributed by atoms with Crippen molar-refractivity contribution in [1.29, 1.82) is 0 Å². The van der Waals surface area contributed by atoms with Gasteiger partial charge >= 0.3 is 0 Å². The lowest BCUT2D eigenvalue weighted by Gasteiger charge is -2.18. The van der Waals surface area contributed by atoms with Gasteiger partial charge in [0.1, 0.15) is 18.3 Å². The van der Waals surface area contributed by atoms with Gasteiger partial charge in [0, 0.05) is 36.0 Å². The first-order chi connectivity index (χ1) is 15.1. The molecule has 0 spiro atoms. The number of aromatic nitrogens is 2. The van der Waals surface area contributed by atoms with Crippen LogP contribution in [-0.2, 0) is 11.5 Å². The number of pyridine rings is 1. The average molecular weight is 421 g/mol. The van der Waals surface area contributed by atoms with Crippen molar-refractivity contribution in [2.45, 2.75) is 33.9 Å². The quantitative estimate of drug-likeness (QED) is 0.369. The molecule has 6 nitrogen and oxygen atoms in total. The van der Waals surface area contributed by atoms with Crippen molar-refractivity contribution in [2.75, 3.05) is 38.6 Å². The lowest BCUT2D eigenvalue weighted by atomic mass is 10.0. The summed E-state index contributed by atoms with van der Waals surface area (Å²) in [6, 6.07) is 9.80. The van der Waals surface area contributed by atoms with E-state index in [2.05, 4.69) is 52.7 Å². The molecule has 0 unspecified atom stereocenters. The fourth-order valence-electron chi connectivity index (χ4n) is 4.59. The van der Waals surface area contributed by atoms with Crippen molar-refractivity contribution < 1.29 is 9.84 Å². The minimum absolute atomic E-state index is 0.266. The van der Waals surface area contributed by atoms with Crippen molar-refractivity contribution in [2.24, 2.45) is 0 Å². The van der Waals surface area contributed by atoms with Crippen LogP contribution in [0.3, 0.4) is 0 Å². The zero-order valence-corrected chi connectivity index (χ0v) is 18.9. The number of rotatable bonds is 9. The van der Waals surface area contributed by atoms with E-state index in [1.165, 1.54) is 10.9 Å². The van der Waals surface area contributed by atoms with E-state index in [1.807, 2.05) is 18.3 Å². The second kappa shape index (κ2) is 9.12. The summed E-state index contributed by atoms with van der Waals surface area (Å²) >= 11 is 0. The van der Waals surface area contributed by atoms with Gasteiger partial charge in [0.15, 0.2) is 0 Å². The average Bonchev–Trinajstić information content (AvgIpc) is 3.07. The van der Waals surface area contributed by atoms with Crippen LogP contribution in [0.4, 0.5) is 5.82 Å². The Bertz CT molecular complexity index is 1210. The van der Waals surface area contributed by atoms with Gasteiger partial charge in [0.25, 0.3) is 0 Å². The molecule has 4 aromatic rings. The molecule has 6 heteroatoms. The molecule has 0 saturated heterocycles. The minimum Gasteiger partial charge on any atom is -0.508 e. The first kappa shape index (κ1) is 21.4. The van der Waals surface area contributed by atoms with Gasteiger partial charge in [-0.1, -0.05) is 13.8 Å². The molecule has 0 fully saturated rings. The van der Waals surface area contributed by atoms with E-state index < -0.39 is 0 Å². The van der Waals surface area contributed by atoms with Crippen LogP contribution in [0.25, 0.3) is 32.6 Å². The van der Waals surface area contributed by atoms with E-state index in [-0.39, 0.29) is 5.75 Å². The number of methoxy groups -OCH3 is 1. The maximum Gasteiger partial charge on any atom is 0.133 e. The van der Waals surface area contributed by atoms with E-state index >= 15 is 0 Å². The molecule has 4 rings (SSSR count). The van der Waals surface area contributed by atoms with E-state index in [9.17, 15) is 5.11 Å². The van der Waals surface area contributed by atoms with Gasteiger partial charge in [-0.25, -0.2) is 4.98 Å². The Morgan fingerprint density at radius 1 is 1.06 bits per heavy atom. The van der Waals surface area contributed by atoms with Crippen LogP contribution >= 0.6 is 0 Å². The minimum atomic E-state index is 0.266. The summed E-state index contributed by atoms with van der Waals surface area (Å²) in [5.74, 6) is 1.18. The Morgan fingerprint density at radius 2 is 1.87 bits per heavy atom. The Morgan fingerprint density at radius 3 is 2.61 bits per heavy atom. The Labute approximate surface area is 183 Å². The van der Waals surface area contributed by atoms with E-state index in [0.29, 0.717) is 6.73 Å². The summed E-state index contributed by atoms with van der Waals surface area (Å²) in [5.41, 5.74) is 3.37. The molecule has 0 aliphatic rings. The van der Waals surface area contributed by atoms with Gasteiger partial charge in [-0.3, -0.25) is 0 Å². The van der Waals surface area contributed by atoms with Crippen LogP contribution in [0.5, 0.6) is 5.75 Å². The van der Waals surface area contributed by atoms with Gasteiger partial charge in [0.05, 0.1) is 11.0 Å². The highest BCUT2D eigenvalue weighted by Gasteiger charge is 2.17. The van der Waals surface area contributed by atoms with Crippen LogP contribution in [-0.4, -0.2) is 52.8 Å². The predicted molar refractivity (Wildman–Crippen MR) is 129 cm³/mol. The molecule has 0 atom stereocenters. The van der Waals surface area contributed by atoms with Gasteiger partial charge in [-0.05, 0) is 74.3 Å². The monoisotopic (exact) mass is 420 g/mol. The molecule has 31 heavy (non-hydrogen) atoms. The second-order valence-corrected chi connectivity index (χ2v) is 8.01. The summed E-state index contributed by atoms with van der Waals surface area (Å²) in [5, 5.41) is 18.1. The molecule has 2 heterocycles. The predicted octanol–water partition coefficient (Wildman–Crippen LogP) is 5.10. The fourth-order valence-corrected chi connectivity index (χ4v) is 4.59. The molecular formula is C25H32N4O2.